The lowest BCUT2D eigenvalue weighted by atomic mass is 10.0. The average molecular weight is 359 g/mol. The van der Waals surface area contributed by atoms with Gasteiger partial charge in [-0.3, -0.25) is 14.4 Å². The van der Waals surface area contributed by atoms with Crippen LogP contribution in [-0.2, 0) is 20.8 Å². The molecule has 0 fully saturated rings. The van der Waals surface area contributed by atoms with E-state index in [2.05, 4.69) is 10.6 Å². The van der Waals surface area contributed by atoms with E-state index in [4.69, 9.17) is 0 Å². The third-order valence-electron chi connectivity index (χ3n) is 4.73. The molecule has 1 aromatic rings. The van der Waals surface area contributed by atoms with Crippen LogP contribution in [0, 0.1) is 0 Å². The third-order valence-corrected chi connectivity index (χ3v) is 4.73. The van der Waals surface area contributed by atoms with Crippen LogP contribution in [0.15, 0.2) is 18.2 Å². The van der Waals surface area contributed by atoms with Crippen LogP contribution in [0.25, 0.3) is 0 Å². The SMILES string of the molecule is CCN(C)C(=O)CCCCCCC(=O)Nc1ccc2c(c1)CCC(=O)N2. The zero-order chi connectivity index (χ0) is 18.9. The molecule has 1 aliphatic heterocycles. The van der Waals surface area contributed by atoms with Gasteiger partial charge in [-0.05, 0) is 49.9 Å². The summed E-state index contributed by atoms with van der Waals surface area (Å²) in [5.74, 6) is 0.234. The number of nitrogens with one attached hydrogen (secondary N) is 2. The quantitative estimate of drug-likeness (QED) is 0.664. The number of aryl methyl sites for hydroxylation is 1. The smallest absolute Gasteiger partial charge is 0.224 e. The van der Waals surface area contributed by atoms with Crippen molar-refractivity contribution in [1.82, 2.24) is 4.90 Å². The summed E-state index contributed by atoms with van der Waals surface area (Å²) >= 11 is 0. The number of carbonyl (C=O) groups is 3. The van der Waals surface area contributed by atoms with Crippen LogP contribution in [-0.4, -0.2) is 36.2 Å². The van der Waals surface area contributed by atoms with E-state index < -0.39 is 0 Å². The Balaban J connectivity index is 1.63. The van der Waals surface area contributed by atoms with Gasteiger partial charge < -0.3 is 15.5 Å². The molecule has 2 rings (SSSR count). The Kier molecular flexibility index (Phi) is 7.63. The molecule has 0 atom stereocenters. The van der Waals surface area contributed by atoms with Crippen molar-refractivity contribution in [1.29, 1.82) is 0 Å². The minimum Gasteiger partial charge on any atom is -0.346 e. The van der Waals surface area contributed by atoms with Gasteiger partial charge in [0.05, 0.1) is 0 Å². The van der Waals surface area contributed by atoms with Gasteiger partial charge in [0.25, 0.3) is 0 Å². The van der Waals surface area contributed by atoms with Crippen LogP contribution in [0.2, 0.25) is 0 Å². The molecule has 0 aromatic heterocycles. The zero-order valence-corrected chi connectivity index (χ0v) is 15.8. The lowest BCUT2D eigenvalue weighted by Crippen LogP contribution is -2.25. The monoisotopic (exact) mass is 359 g/mol. The highest BCUT2D eigenvalue weighted by Gasteiger charge is 2.15. The molecule has 0 aliphatic carbocycles. The van der Waals surface area contributed by atoms with Gasteiger partial charge >= 0.3 is 0 Å². The Labute approximate surface area is 155 Å². The van der Waals surface area contributed by atoms with Crippen LogP contribution >= 0.6 is 0 Å². The maximum Gasteiger partial charge on any atom is 0.224 e. The van der Waals surface area contributed by atoms with Crippen LogP contribution in [0.1, 0.15) is 57.4 Å². The van der Waals surface area contributed by atoms with Crippen LogP contribution in [0.4, 0.5) is 11.4 Å². The molecule has 3 amide bonds. The zero-order valence-electron chi connectivity index (χ0n) is 15.8. The summed E-state index contributed by atoms with van der Waals surface area (Å²) in [4.78, 5) is 36.8. The van der Waals surface area contributed by atoms with Gasteiger partial charge in [-0.1, -0.05) is 12.8 Å². The van der Waals surface area contributed by atoms with Crippen molar-refractivity contribution < 1.29 is 14.4 Å². The minimum absolute atomic E-state index is 0.00610. The van der Waals surface area contributed by atoms with E-state index in [1.807, 2.05) is 32.2 Å². The van der Waals surface area contributed by atoms with Crippen molar-refractivity contribution in [3.63, 3.8) is 0 Å². The van der Waals surface area contributed by atoms with Gasteiger partial charge in [0.2, 0.25) is 17.7 Å². The highest BCUT2D eigenvalue weighted by atomic mass is 16.2. The number of fused-ring (bicyclic) bond motifs is 1. The van der Waals surface area contributed by atoms with Crippen molar-refractivity contribution in [3.8, 4) is 0 Å². The number of hydrogen-bond donors (Lipinski definition) is 2. The average Bonchev–Trinajstić information content (AvgIpc) is 2.63. The van der Waals surface area contributed by atoms with Gasteiger partial charge in [0.1, 0.15) is 0 Å². The summed E-state index contributed by atoms with van der Waals surface area (Å²) in [5.41, 5.74) is 2.67. The Bertz CT molecular complexity index is 658. The Hall–Kier alpha value is -2.37. The molecule has 6 nitrogen and oxygen atoms in total. The van der Waals surface area contributed by atoms with Gasteiger partial charge in [0, 0.05) is 44.2 Å². The van der Waals surface area contributed by atoms with E-state index in [-0.39, 0.29) is 17.7 Å². The fraction of sp³-hybridized carbons (Fsp3) is 0.550. The molecule has 0 bridgehead atoms. The Morgan fingerprint density at radius 3 is 2.58 bits per heavy atom. The number of unbranched alkanes of at least 4 members (excludes halogenated alkanes) is 3. The molecule has 0 radical (unpaired) electrons. The van der Waals surface area contributed by atoms with Crippen LogP contribution < -0.4 is 10.6 Å². The first-order valence-corrected chi connectivity index (χ1v) is 9.46. The molecule has 2 N–H and O–H groups in total. The van der Waals surface area contributed by atoms with E-state index in [1.54, 1.807) is 4.90 Å². The molecular formula is C20H29N3O3. The standard InChI is InChI=1S/C20H29N3O3/c1-3-23(2)20(26)9-7-5-4-6-8-18(24)21-16-11-12-17-15(14-16)10-13-19(25)22-17/h11-12,14H,3-10,13H2,1-2H3,(H,21,24)(H,22,25). The number of nitrogens with zero attached hydrogens (tertiary/aromatic N) is 1. The number of rotatable bonds is 9. The molecule has 26 heavy (non-hydrogen) atoms. The normalized spacial score (nSPS) is 12.9. The molecular weight excluding hydrogens is 330 g/mol. The Morgan fingerprint density at radius 1 is 1.12 bits per heavy atom. The van der Waals surface area contributed by atoms with Gasteiger partial charge in [-0.15, -0.1) is 0 Å². The molecule has 1 aliphatic rings. The largest absolute Gasteiger partial charge is 0.346 e. The number of anilines is 2. The minimum atomic E-state index is 0.00610. The number of hydrogen-bond acceptors (Lipinski definition) is 3. The summed E-state index contributed by atoms with van der Waals surface area (Å²) < 4.78 is 0. The molecule has 142 valence electrons. The van der Waals surface area contributed by atoms with Crippen molar-refractivity contribution in [3.05, 3.63) is 23.8 Å². The number of benzene rings is 1. The van der Waals surface area contributed by atoms with Crippen molar-refractivity contribution in [2.75, 3.05) is 24.2 Å². The molecule has 0 saturated carbocycles. The van der Waals surface area contributed by atoms with E-state index in [0.717, 1.165) is 49.2 Å². The van der Waals surface area contributed by atoms with Crippen molar-refractivity contribution in [2.45, 2.75) is 58.3 Å². The first kappa shape index (κ1) is 19.9. The Morgan fingerprint density at radius 2 is 1.85 bits per heavy atom. The summed E-state index contributed by atoms with van der Waals surface area (Å²) in [6.45, 7) is 2.71. The summed E-state index contributed by atoms with van der Waals surface area (Å²) in [7, 11) is 1.82. The number of carbonyl (C=O) groups excluding carboxylic acids is 3. The summed E-state index contributed by atoms with van der Waals surface area (Å²) in [6.07, 6.45) is 5.88. The molecule has 0 spiro atoms. The van der Waals surface area contributed by atoms with Gasteiger partial charge in [-0.25, -0.2) is 0 Å². The number of amides is 3. The molecule has 0 unspecified atom stereocenters. The molecule has 0 saturated heterocycles. The van der Waals surface area contributed by atoms with Gasteiger partial charge in [0.15, 0.2) is 0 Å². The van der Waals surface area contributed by atoms with Crippen molar-refractivity contribution in [2.24, 2.45) is 0 Å². The predicted octanol–water partition coefficient (Wildman–Crippen LogP) is 3.33. The van der Waals surface area contributed by atoms with E-state index in [0.29, 0.717) is 25.7 Å². The maximum atomic E-state index is 12.1. The fourth-order valence-corrected chi connectivity index (χ4v) is 2.97. The first-order valence-electron chi connectivity index (χ1n) is 9.46. The topological polar surface area (TPSA) is 78.5 Å². The van der Waals surface area contributed by atoms with E-state index in [9.17, 15) is 14.4 Å². The lowest BCUT2D eigenvalue weighted by molar-refractivity contribution is -0.129. The van der Waals surface area contributed by atoms with Crippen LogP contribution in [0.5, 0.6) is 0 Å². The fourth-order valence-electron chi connectivity index (χ4n) is 2.97. The lowest BCUT2D eigenvalue weighted by Gasteiger charge is -2.17. The second kappa shape index (κ2) is 9.94. The second-order valence-electron chi connectivity index (χ2n) is 6.79. The maximum absolute atomic E-state index is 12.1. The van der Waals surface area contributed by atoms with Gasteiger partial charge in [-0.2, -0.15) is 0 Å². The first-order chi connectivity index (χ1) is 12.5. The summed E-state index contributed by atoms with van der Waals surface area (Å²) in [5, 5.41) is 5.76. The molecule has 1 aromatic carbocycles. The predicted molar refractivity (Wildman–Crippen MR) is 103 cm³/mol. The summed E-state index contributed by atoms with van der Waals surface area (Å²) in [6, 6.07) is 5.59. The second-order valence-corrected chi connectivity index (χ2v) is 6.79. The molecule has 6 heteroatoms. The van der Waals surface area contributed by atoms with Crippen molar-refractivity contribution >= 4 is 29.1 Å². The highest BCUT2D eigenvalue weighted by Crippen LogP contribution is 2.25. The third kappa shape index (κ3) is 6.17. The van der Waals surface area contributed by atoms with E-state index in [1.165, 1.54) is 0 Å². The van der Waals surface area contributed by atoms with E-state index >= 15 is 0 Å². The molecule has 1 heterocycles. The van der Waals surface area contributed by atoms with Crippen LogP contribution in [0.3, 0.4) is 0 Å². The highest BCUT2D eigenvalue weighted by molar-refractivity contribution is 5.95.